The second-order valence-corrected chi connectivity index (χ2v) is 6.20. The molecule has 0 bridgehead atoms. The Morgan fingerprint density at radius 2 is 1.62 bits per heavy atom. The normalized spacial score (nSPS) is 25.0. The lowest BCUT2D eigenvalue weighted by Crippen LogP contribution is -2.48. The molecule has 1 saturated carbocycles. The lowest BCUT2D eigenvalue weighted by atomic mass is 9.88. The fourth-order valence-corrected chi connectivity index (χ4v) is 3.21. The fourth-order valence-electron chi connectivity index (χ4n) is 3.21. The van der Waals surface area contributed by atoms with Crippen LogP contribution in [0.3, 0.4) is 0 Å². The Kier molecular flexibility index (Phi) is 4.54. The highest BCUT2D eigenvalue weighted by molar-refractivity contribution is 5.91. The van der Waals surface area contributed by atoms with Gasteiger partial charge in [-0.2, -0.15) is 0 Å². The molecule has 8 nitrogen and oxygen atoms in total. The Morgan fingerprint density at radius 1 is 1.00 bits per heavy atom. The molecule has 5 N–H and O–H groups in total. The van der Waals surface area contributed by atoms with Crippen molar-refractivity contribution in [2.24, 2.45) is 0 Å². The van der Waals surface area contributed by atoms with Crippen LogP contribution in [0.25, 0.3) is 0 Å². The molecule has 128 valence electrons. The van der Waals surface area contributed by atoms with Gasteiger partial charge in [0.2, 0.25) is 5.91 Å². The van der Waals surface area contributed by atoms with Crippen LogP contribution in [-0.2, 0) is 4.79 Å². The Balaban J connectivity index is 1.49. The van der Waals surface area contributed by atoms with Gasteiger partial charge in [-0.15, -0.1) is 0 Å². The van der Waals surface area contributed by atoms with Gasteiger partial charge in [0.15, 0.2) is 0 Å². The summed E-state index contributed by atoms with van der Waals surface area (Å²) in [5.74, 6) is -0.141. The van der Waals surface area contributed by atoms with Gasteiger partial charge < -0.3 is 26.6 Å². The van der Waals surface area contributed by atoms with E-state index in [0.717, 1.165) is 19.3 Å². The van der Waals surface area contributed by atoms with Crippen molar-refractivity contribution in [2.75, 3.05) is 10.6 Å². The van der Waals surface area contributed by atoms with Crippen LogP contribution in [-0.4, -0.2) is 36.1 Å². The largest absolute Gasteiger partial charge is 0.335 e. The standard InChI is InChI=1S/C16H21N5O3/c1-9(22)17-10-2-4-11(5-3-10)18-15(23)19-12-6-7-13-14(8-12)21-16(24)20-13/h2-5,12-14H,6-8H2,1H3,(H,17,22)(H2,18,19,23)(H2,20,21,24). The maximum atomic E-state index is 12.1. The number of benzene rings is 1. The van der Waals surface area contributed by atoms with E-state index in [9.17, 15) is 14.4 Å². The topological polar surface area (TPSA) is 111 Å². The second-order valence-electron chi connectivity index (χ2n) is 6.20. The van der Waals surface area contributed by atoms with Gasteiger partial charge in [-0.3, -0.25) is 4.79 Å². The summed E-state index contributed by atoms with van der Waals surface area (Å²) >= 11 is 0. The summed E-state index contributed by atoms with van der Waals surface area (Å²) in [6, 6.07) is 6.77. The monoisotopic (exact) mass is 331 g/mol. The zero-order chi connectivity index (χ0) is 17.1. The van der Waals surface area contributed by atoms with Crippen LogP contribution >= 0.6 is 0 Å². The molecule has 0 radical (unpaired) electrons. The highest BCUT2D eigenvalue weighted by Crippen LogP contribution is 2.22. The number of hydrogen-bond donors (Lipinski definition) is 5. The summed E-state index contributed by atoms with van der Waals surface area (Å²) in [5, 5.41) is 14.1. The van der Waals surface area contributed by atoms with Gasteiger partial charge in [0.25, 0.3) is 0 Å². The van der Waals surface area contributed by atoms with Crippen LogP contribution in [0.5, 0.6) is 0 Å². The Hall–Kier alpha value is -2.77. The minimum Gasteiger partial charge on any atom is -0.335 e. The van der Waals surface area contributed by atoms with E-state index in [1.807, 2.05) is 0 Å². The third-order valence-electron chi connectivity index (χ3n) is 4.28. The van der Waals surface area contributed by atoms with Gasteiger partial charge in [0.1, 0.15) is 0 Å². The number of amides is 5. The van der Waals surface area contributed by atoms with E-state index >= 15 is 0 Å². The number of anilines is 2. The Labute approximate surface area is 139 Å². The van der Waals surface area contributed by atoms with E-state index in [-0.39, 0.29) is 36.1 Å². The van der Waals surface area contributed by atoms with Gasteiger partial charge in [-0.05, 0) is 43.5 Å². The molecule has 5 amide bonds. The highest BCUT2D eigenvalue weighted by atomic mass is 16.2. The van der Waals surface area contributed by atoms with E-state index in [4.69, 9.17) is 0 Å². The minimum absolute atomic E-state index is 0.0325. The Morgan fingerprint density at radius 3 is 2.29 bits per heavy atom. The van der Waals surface area contributed by atoms with Crippen molar-refractivity contribution >= 4 is 29.3 Å². The van der Waals surface area contributed by atoms with Crippen molar-refractivity contribution < 1.29 is 14.4 Å². The molecule has 1 saturated heterocycles. The first-order valence-electron chi connectivity index (χ1n) is 8.02. The molecular weight excluding hydrogens is 310 g/mol. The molecule has 0 aromatic heterocycles. The lowest BCUT2D eigenvalue weighted by molar-refractivity contribution is -0.114. The smallest absolute Gasteiger partial charge is 0.319 e. The molecule has 1 aliphatic carbocycles. The van der Waals surface area contributed by atoms with E-state index < -0.39 is 0 Å². The van der Waals surface area contributed by atoms with E-state index in [0.29, 0.717) is 11.4 Å². The van der Waals surface area contributed by atoms with Crippen molar-refractivity contribution in [3.8, 4) is 0 Å². The first kappa shape index (κ1) is 16.1. The van der Waals surface area contributed by atoms with Crippen LogP contribution in [0.1, 0.15) is 26.2 Å². The van der Waals surface area contributed by atoms with Gasteiger partial charge >= 0.3 is 12.1 Å². The molecule has 8 heteroatoms. The second kappa shape index (κ2) is 6.77. The molecule has 1 aliphatic heterocycles. The number of fused-ring (bicyclic) bond motifs is 1. The van der Waals surface area contributed by atoms with Crippen molar-refractivity contribution in [2.45, 2.75) is 44.3 Å². The van der Waals surface area contributed by atoms with Gasteiger partial charge in [0, 0.05) is 24.3 Å². The lowest BCUT2D eigenvalue weighted by Gasteiger charge is -2.31. The number of nitrogens with one attached hydrogen (secondary N) is 5. The number of carbonyl (C=O) groups excluding carboxylic acids is 3. The summed E-state index contributed by atoms with van der Waals surface area (Å²) in [4.78, 5) is 34.4. The number of urea groups is 2. The van der Waals surface area contributed by atoms with Gasteiger partial charge in [0.05, 0.1) is 12.1 Å². The third kappa shape index (κ3) is 3.95. The molecule has 2 fully saturated rings. The van der Waals surface area contributed by atoms with E-state index in [2.05, 4.69) is 26.6 Å². The summed E-state index contributed by atoms with van der Waals surface area (Å²) in [5.41, 5.74) is 1.32. The first-order chi connectivity index (χ1) is 11.5. The molecule has 1 heterocycles. The summed E-state index contributed by atoms with van der Waals surface area (Å²) < 4.78 is 0. The quantitative estimate of drug-likeness (QED) is 0.577. The highest BCUT2D eigenvalue weighted by Gasteiger charge is 2.37. The van der Waals surface area contributed by atoms with Crippen LogP contribution < -0.4 is 26.6 Å². The van der Waals surface area contributed by atoms with Crippen LogP contribution in [0.2, 0.25) is 0 Å². The minimum atomic E-state index is -0.275. The summed E-state index contributed by atoms with van der Waals surface area (Å²) in [6.45, 7) is 1.44. The number of rotatable bonds is 3. The SMILES string of the molecule is CC(=O)Nc1ccc(NC(=O)NC2CCC3NC(=O)NC3C2)cc1. The predicted molar refractivity (Wildman–Crippen MR) is 89.8 cm³/mol. The Bertz CT molecular complexity index is 646. The third-order valence-corrected chi connectivity index (χ3v) is 4.28. The summed E-state index contributed by atoms with van der Waals surface area (Å²) in [6.07, 6.45) is 2.40. The molecule has 2 aliphatic rings. The maximum absolute atomic E-state index is 12.1. The van der Waals surface area contributed by atoms with Crippen molar-refractivity contribution in [1.29, 1.82) is 0 Å². The molecule has 0 spiro atoms. The van der Waals surface area contributed by atoms with Crippen LogP contribution in [0.4, 0.5) is 21.0 Å². The molecule has 3 rings (SSSR count). The first-order valence-corrected chi connectivity index (χ1v) is 8.02. The molecular formula is C16H21N5O3. The van der Waals surface area contributed by atoms with E-state index in [1.54, 1.807) is 24.3 Å². The zero-order valence-electron chi connectivity index (χ0n) is 13.4. The number of hydrogen-bond acceptors (Lipinski definition) is 3. The van der Waals surface area contributed by atoms with Crippen molar-refractivity contribution in [3.05, 3.63) is 24.3 Å². The van der Waals surface area contributed by atoms with Crippen molar-refractivity contribution in [3.63, 3.8) is 0 Å². The molecule has 3 unspecified atom stereocenters. The van der Waals surface area contributed by atoms with Crippen molar-refractivity contribution in [1.82, 2.24) is 16.0 Å². The molecule has 1 aromatic rings. The van der Waals surface area contributed by atoms with E-state index in [1.165, 1.54) is 6.92 Å². The summed E-state index contributed by atoms with van der Waals surface area (Å²) in [7, 11) is 0. The molecule has 24 heavy (non-hydrogen) atoms. The van der Waals surface area contributed by atoms with Gasteiger partial charge in [-0.25, -0.2) is 9.59 Å². The average molecular weight is 331 g/mol. The molecule has 3 atom stereocenters. The fraction of sp³-hybridized carbons (Fsp3) is 0.438. The molecule has 1 aromatic carbocycles. The average Bonchev–Trinajstić information content (AvgIpc) is 2.88. The van der Waals surface area contributed by atoms with Crippen LogP contribution in [0, 0.1) is 0 Å². The maximum Gasteiger partial charge on any atom is 0.319 e. The zero-order valence-corrected chi connectivity index (χ0v) is 13.4. The van der Waals surface area contributed by atoms with Crippen LogP contribution in [0.15, 0.2) is 24.3 Å². The van der Waals surface area contributed by atoms with Gasteiger partial charge in [-0.1, -0.05) is 0 Å². The number of carbonyl (C=O) groups is 3. The predicted octanol–water partition coefficient (Wildman–Crippen LogP) is 1.37.